The Kier molecular flexibility index (Phi) is 5.13. The molecule has 9 heteroatoms. The molecular formula is C14H15N3O6. The zero-order chi connectivity index (χ0) is 16.8. The number of aromatic amines is 1. The van der Waals surface area contributed by atoms with Gasteiger partial charge in [-0.1, -0.05) is 0 Å². The molecule has 0 aliphatic heterocycles. The van der Waals surface area contributed by atoms with Gasteiger partial charge in [-0.2, -0.15) is 10.3 Å². The van der Waals surface area contributed by atoms with Crippen molar-refractivity contribution < 1.29 is 28.5 Å². The number of hydrogen-bond acceptors (Lipinski definition) is 8. The third-order valence-corrected chi connectivity index (χ3v) is 2.81. The lowest BCUT2D eigenvalue weighted by Crippen LogP contribution is -2.08. The summed E-state index contributed by atoms with van der Waals surface area (Å²) < 4.78 is 19.6. The summed E-state index contributed by atoms with van der Waals surface area (Å²) in [7, 11) is 2.66. The van der Waals surface area contributed by atoms with Crippen LogP contribution in [0, 0.1) is 0 Å². The van der Waals surface area contributed by atoms with Gasteiger partial charge in [0.15, 0.2) is 5.69 Å². The van der Waals surface area contributed by atoms with E-state index in [4.69, 9.17) is 14.2 Å². The Morgan fingerprint density at radius 3 is 2.65 bits per heavy atom. The minimum absolute atomic E-state index is 0.000341. The van der Waals surface area contributed by atoms with Gasteiger partial charge >= 0.3 is 12.1 Å². The van der Waals surface area contributed by atoms with Crippen LogP contribution in [0.3, 0.4) is 0 Å². The van der Waals surface area contributed by atoms with Gasteiger partial charge in [-0.15, -0.1) is 5.10 Å². The molecule has 0 amide bonds. The third kappa shape index (κ3) is 3.57. The largest absolute Gasteiger partial charge is 0.513 e. The number of benzene rings is 1. The second-order valence-electron chi connectivity index (χ2n) is 4.16. The van der Waals surface area contributed by atoms with Crippen LogP contribution in [0.1, 0.15) is 17.4 Å². The minimum atomic E-state index is -0.869. The van der Waals surface area contributed by atoms with Gasteiger partial charge in [0.05, 0.1) is 26.4 Å². The summed E-state index contributed by atoms with van der Waals surface area (Å²) in [6, 6.07) is 4.57. The van der Waals surface area contributed by atoms with Crippen LogP contribution in [-0.4, -0.2) is 48.4 Å². The Labute approximate surface area is 131 Å². The van der Waals surface area contributed by atoms with E-state index in [2.05, 4.69) is 20.1 Å². The van der Waals surface area contributed by atoms with E-state index in [1.54, 1.807) is 13.0 Å². The lowest BCUT2D eigenvalue weighted by Gasteiger charge is -2.09. The zero-order valence-electron chi connectivity index (χ0n) is 12.8. The van der Waals surface area contributed by atoms with Gasteiger partial charge in [-0.25, -0.2) is 9.59 Å². The van der Waals surface area contributed by atoms with Crippen LogP contribution < -0.4 is 9.47 Å². The highest BCUT2D eigenvalue weighted by Crippen LogP contribution is 2.33. The van der Waals surface area contributed by atoms with Crippen molar-refractivity contribution in [2.24, 2.45) is 0 Å². The number of ether oxygens (including phenoxy) is 4. The van der Waals surface area contributed by atoms with Crippen molar-refractivity contribution in [3.8, 4) is 22.8 Å². The number of methoxy groups -OCH3 is 2. The van der Waals surface area contributed by atoms with Crippen molar-refractivity contribution in [2.75, 3.05) is 20.8 Å². The van der Waals surface area contributed by atoms with Gasteiger partial charge in [-0.3, -0.25) is 0 Å². The fourth-order valence-electron chi connectivity index (χ4n) is 1.83. The molecule has 0 unspecified atom stereocenters. The van der Waals surface area contributed by atoms with E-state index in [0.29, 0.717) is 11.3 Å². The predicted octanol–water partition coefficient (Wildman–Crippen LogP) is 1.80. The van der Waals surface area contributed by atoms with Crippen LogP contribution in [0.25, 0.3) is 11.3 Å². The molecule has 0 radical (unpaired) electrons. The summed E-state index contributed by atoms with van der Waals surface area (Å²) in [6.07, 6.45) is -0.869. The molecule has 0 fully saturated rings. The van der Waals surface area contributed by atoms with E-state index >= 15 is 0 Å². The van der Waals surface area contributed by atoms with Crippen LogP contribution in [0.2, 0.25) is 0 Å². The number of carbonyl (C=O) groups is 2. The molecule has 1 heterocycles. The molecule has 122 valence electrons. The van der Waals surface area contributed by atoms with Gasteiger partial charge in [0.2, 0.25) is 0 Å². The number of carbonyl (C=O) groups excluding carboxylic acids is 2. The van der Waals surface area contributed by atoms with Gasteiger partial charge in [0, 0.05) is 0 Å². The summed E-state index contributed by atoms with van der Waals surface area (Å²) in [6.45, 7) is 1.89. The number of nitrogens with zero attached hydrogens (tertiary/aromatic N) is 2. The lowest BCUT2D eigenvalue weighted by molar-refractivity contribution is 0.0520. The Balaban J connectivity index is 2.45. The van der Waals surface area contributed by atoms with E-state index in [-0.39, 0.29) is 23.7 Å². The Morgan fingerprint density at radius 2 is 2.00 bits per heavy atom. The molecule has 0 bridgehead atoms. The zero-order valence-corrected chi connectivity index (χ0v) is 12.8. The fraction of sp³-hybridized carbons (Fsp3) is 0.286. The third-order valence-electron chi connectivity index (χ3n) is 2.81. The Morgan fingerprint density at radius 1 is 1.22 bits per heavy atom. The van der Waals surface area contributed by atoms with Crippen molar-refractivity contribution >= 4 is 12.1 Å². The second kappa shape index (κ2) is 7.25. The molecule has 1 aromatic heterocycles. The first-order valence-electron chi connectivity index (χ1n) is 6.62. The maximum absolute atomic E-state index is 11.9. The van der Waals surface area contributed by atoms with Gasteiger partial charge in [0.25, 0.3) is 0 Å². The summed E-state index contributed by atoms with van der Waals surface area (Å²) in [5, 5.41) is 10.1. The van der Waals surface area contributed by atoms with Crippen LogP contribution in [0.5, 0.6) is 11.5 Å². The first kappa shape index (κ1) is 16.3. The molecule has 0 saturated heterocycles. The first-order valence-corrected chi connectivity index (χ1v) is 6.62. The molecule has 0 spiro atoms. The second-order valence-corrected chi connectivity index (χ2v) is 4.16. The summed E-state index contributed by atoms with van der Waals surface area (Å²) in [5.74, 6) is -0.00952. The highest BCUT2D eigenvalue weighted by Gasteiger charge is 2.22. The summed E-state index contributed by atoms with van der Waals surface area (Å²) in [5.41, 5.74) is 0.627. The van der Waals surface area contributed by atoms with Gasteiger partial charge < -0.3 is 18.9 Å². The average Bonchev–Trinajstić information content (AvgIpc) is 3.04. The molecule has 0 aliphatic carbocycles. The molecule has 0 atom stereocenters. The number of aromatic nitrogens is 3. The number of esters is 1. The van der Waals surface area contributed by atoms with Crippen molar-refractivity contribution in [3.63, 3.8) is 0 Å². The van der Waals surface area contributed by atoms with E-state index in [0.717, 1.165) is 0 Å². The van der Waals surface area contributed by atoms with E-state index < -0.39 is 12.1 Å². The minimum Gasteiger partial charge on any atom is -0.496 e. The monoisotopic (exact) mass is 321 g/mol. The number of nitrogens with one attached hydrogen (secondary N) is 1. The van der Waals surface area contributed by atoms with Crippen LogP contribution in [0.4, 0.5) is 4.79 Å². The lowest BCUT2D eigenvalue weighted by atomic mass is 10.1. The highest BCUT2D eigenvalue weighted by atomic mass is 16.7. The van der Waals surface area contributed by atoms with E-state index in [9.17, 15) is 9.59 Å². The molecule has 1 N–H and O–H groups in total. The van der Waals surface area contributed by atoms with E-state index in [1.807, 2.05) is 0 Å². The maximum atomic E-state index is 11.9. The molecule has 9 nitrogen and oxygen atoms in total. The molecule has 23 heavy (non-hydrogen) atoms. The fourth-order valence-corrected chi connectivity index (χ4v) is 1.83. The molecule has 0 saturated carbocycles. The van der Waals surface area contributed by atoms with Crippen molar-refractivity contribution in [1.29, 1.82) is 0 Å². The predicted molar refractivity (Wildman–Crippen MR) is 77.4 cm³/mol. The van der Waals surface area contributed by atoms with E-state index in [1.165, 1.54) is 26.4 Å². The SMILES string of the molecule is CCOC(=O)c1n[nH]nc1-c1cc(OC(=O)OC)ccc1OC. The van der Waals surface area contributed by atoms with Crippen molar-refractivity contribution in [3.05, 3.63) is 23.9 Å². The molecule has 2 aromatic rings. The molecular weight excluding hydrogens is 306 g/mol. The van der Waals surface area contributed by atoms with Gasteiger partial charge in [0.1, 0.15) is 17.2 Å². The van der Waals surface area contributed by atoms with Crippen molar-refractivity contribution in [1.82, 2.24) is 15.4 Å². The summed E-state index contributed by atoms with van der Waals surface area (Å²) >= 11 is 0. The van der Waals surface area contributed by atoms with Gasteiger partial charge in [-0.05, 0) is 25.1 Å². The Bertz CT molecular complexity index is 712. The average molecular weight is 321 g/mol. The van der Waals surface area contributed by atoms with Crippen LogP contribution >= 0.6 is 0 Å². The van der Waals surface area contributed by atoms with Crippen LogP contribution in [0.15, 0.2) is 18.2 Å². The normalized spacial score (nSPS) is 10.0. The number of H-pyrrole nitrogens is 1. The molecule has 2 rings (SSSR count). The smallest absolute Gasteiger partial charge is 0.496 e. The quantitative estimate of drug-likeness (QED) is 0.655. The Hall–Kier alpha value is -3.10. The maximum Gasteiger partial charge on any atom is 0.513 e. The van der Waals surface area contributed by atoms with Crippen molar-refractivity contribution in [2.45, 2.75) is 6.92 Å². The van der Waals surface area contributed by atoms with Crippen LogP contribution in [-0.2, 0) is 9.47 Å². The highest BCUT2D eigenvalue weighted by molar-refractivity contribution is 5.95. The topological polar surface area (TPSA) is 113 Å². The first-order chi connectivity index (χ1) is 11.1. The molecule has 0 aliphatic rings. The summed E-state index contributed by atoms with van der Waals surface area (Å²) in [4.78, 5) is 23.1. The number of rotatable bonds is 5. The number of hydrogen-bond donors (Lipinski definition) is 1. The standard InChI is InChI=1S/C14H15N3O6/c1-4-22-13(18)12-11(15-17-16-12)9-7-8(23-14(19)21-3)5-6-10(9)20-2/h5-7H,4H2,1-3H3,(H,15,16,17). The molecule has 1 aromatic carbocycles.